The van der Waals surface area contributed by atoms with E-state index in [-0.39, 0.29) is 11.9 Å². The molecule has 0 saturated heterocycles. The Labute approximate surface area is 110 Å². The number of thiazole rings is 1. The van der Waals surface area contributed by atoms with Gasteiger partial charge >= 0.3 is 0 Å². The predicted octanol–water partition coefficient (Wildman–Crippen LogP) is 2.65. The van der Waals surface area contributed by atoms with Gasteiger partial charge in [-0.1, -0.05) is 12.1 Å². The van der Waals surface area contributed by atoms with Gasteiger partial charge in [0.05, 0.1) is 16.7 Å². The van der Waals surface area contributed by atoms with Gasteiger partial charge in [0, 0.05) is 11.8 Å². The molecule has 96 valence electrons. The van der Waals surface area contributed by atoms with Gasteiger partial charge in [0.25, 0.3) is 0 Å². The number of halogens is 1. The van der Waals surface area contributed by atoms with Crippen molar-refractivity contribution < 1.29 is 4.39 Å². The third kappa shape index (κ3) is 2.93. The topological polar surface area (TPSA) is 50.9 Å². The summed E-state index contributed by atoms with van der Waals surface area (Å²) in [5.74, 6) is 5.34. The SMILES string of the molecule is Cc1nc(CC(NN)c2ccc(C)c(F)c2)cs1. The van der Waals surface area contributed by atoms with Crippen LogP contribution in [0.3, 0.4) is 0 Å². The van der Waals surface area contributed by atoms with Gasteiger partial charge in [-0.25, -0.2) is 9.37 Å². The van der Waals surface area contributed by atoms with Gasteiger partial charge in [-0.15, -0.1) is 11.3 Å². The van der Waals surface area contributed by atoms with Crippen molar-refractivity contribution in [2.45, 2.75) is 26.3 Å². The molecule has 0 amide bonds. The molecule has 2 rings (SSSR count). The molecule has 1 heterocycles. The summed E-state index contributed by atoms with van der Waals surface area (Å²) < 4.78 is 13.5. The number of hydrogen-bond donors (Lipinski definition) is 2. The van der Waals surface area contributed by atoms with E-state index in [9.17, 15) is 4.39 Å². The summed E-state index contributed by atoms with van der Waals surface area (Å²) in [4.78, 5) is 4.39. The molecular formula is C13H16FN3S. The smallest absolute Gasteiger partial charge is 0.126 e. The van der Waals surface area contributed by atoms with Crippen LogP contribution < -0.4 is 11.3 Å². The first-order chi connectivity index (χ1) is 8.60. The molecule has 0 aliphatic heterocycles. The van der Waals surface area contributed by atoms with Crippen LogP contribution in [0.2, 0.25) is 0 Å². The molecule has 0 bridgehead atoms. The Kier molecular flexibility index (Phi) is 4.06. The molecule has 3 nitrogen and oxygen atoms in total. The fourth-order valence-corrected chi connectivity index (χ4v) is 2.44. The summed E-state index contributed by atoms with van der Waals surface area (Å²) >= 11 is 1.60. The van der Waals surface area contributed by atoms with Crippen LogP contribution in [0.4, 0.5) is 4.39 Å². The van der Waals surface area contributed by atoms with Crippen LogP contribution in [0.5, 0.6) is 0 Å². The van der Waals surface area contributed by atoms with Crippen LogP contribution in [0.1, 0.15) is 27.9 Å². The number of rotatable bonds is 4. The highest BCUT2D eigenvalue weighted by atomic mass is 32.1. The Bertz CT molecular complexity index is 539. The molecule has 0 spiro atoms. The van der Waals surface area contributed by atoms with E-state index in [2.05, 4.69) is 10.4 Å². The molecule has 0 aliphatic rings. The number of hydrazine groups is 1. The van der Waals surface area contributed by atoms with Gasteiger partial charge < -0.3 is 0 Å². The van der Waals surface area contributed by atoms with E-state index in [4.69, 9.17) is 5.84 Å². The summed E-state index contributed by atoms with van der Waals surface area (Å²) in [5, 5.41) is 3.03. The van der Waals surface area contributed by atoms with E-state index in [1.807, 2.05) is 18.4 Å². The molecule has 1 unspecified atom stereocenters. The van der Waals surface area contributed by atoms with Crippen LogP contribution in [-0.2, 0) is 6.42 Å². The van der Waals surface area contributed by atoms with E-state index in [1.54, 1.807) is 24.3 Å². The molecule has 0 radical (unpaired) electrons. The molecule has 0 fully saturated rings. The monoisotopic (exact) mass is 265 g/mol. The minimum atomic E-state index is -0.206. The average molecular weight is 265 g/mol. The van der Waals surface area contributed by atoms with E-state index < -0.39 is 0 Å². The number of benzene rings is 1. The Hall–Kier alpha value is -1.30. The third-order valence-electron chi connectivity index (χ3n) is 2.88. The molecule has 1 aromatic carbocycles. The van der Waals surface area contributed by atoms with E-state index >= 15 is 0 Å². The highest BCUT2D eigenvalue weighted by Gasteiger charge is 2.13. The van der Waals surface area contributed by atoms with Crippen LogP contribution in [0.15, 0.2) is 23.6 Å². The second-order valence-corrected chi connectivity index (χ2v) is 5.35. The molecule has 2 aromatic rings. The molecule has 0 aliphatic carbocycles. The summed E-state index contributed by atoms with van der Waals surface area (Å²) in [5.41, 5.74) is 5.17. The molecule has 18 heavy (non-hydrogen) atoms. The molecule has 0 saturated carbocycles. The van der Waals surface area contributed by atoms with Gasteiger partial charge in [0.1, 0.15) is 5.82 Å². The van der Waals surface area contributed by atoms with Gasteiger partial charge in [-0.3, -0.25) is 11.3 Å². The zero-order chi connectivity index (χ0) is 13.1. The maximum atomic E-state index is 13.5. The fourth-order valence-electron chi connectivity index (χ4n) is 1.81. The van der Waals surface area contributed by atoms with Crippen LogP contribution in [0.25, 0.3) is 0 Å². The van der Waals surface area contributed by atoms with Crippen molar-refractivity contribution in [2.75, 3.05) is 0 Å². The van der Waals surface area contributed by atoms with Crippen LogP contribution in [-0.4, -0.2) is 4.98 Å². The van der Waals surface area contributed by atoms with Crippen molar-refractivity contribution in [1.29, 1.82) is 0 Å². The van der Waals surface area contributed by atoms with Gasteiger partial charge in [-0.2, -0.15) is 0 Å². The standard InChI is InChI=1S/C13H16FN3S/c1-8-3-4-10(5-12(8)14)13(17-15)6-11-7-18-9(2)16-11/h3-5,7,13,17H,6,15H2,1-2H3. The van der Waals surface area contributed by atoms with Crippen molar-refractivity contribution in [3.8, 4) is 0 Å². The number of hydrogen-bond acceptors (Lipinski definition) is 4. The summed E-state index contributed by atoms with van der Waals surface area (Å²) in [6, 6.07) is 5.06. The lowest BCUT2D eigenvalue weighted by atomic mass is 10.0. The second kappa shape index (κ2) is 5.56. The number of nitrogens with one attached hydrogen (secondary N) is 1. The zero-order valence-corrected chi connectivity index (χ0v) is 11.2. The highest BCUT2D eigenvalue weighted by molar-refractivity contribution is 7.09. The molecule has 5 heteroatoms. The number of aryl methyl sites for hydroxylation is 2. The first kappa shape index (κ1) is 13.1. The quantitative estimate of drug-likeness (QED) is 0.660. The molecule has 3 N–H and O–H groups in total. The van der Waals surface area contributed by atoms with Crippen molar-refractivity contribution in [3.63, 3.8) is 0 Å². The number of nitrogens with two attached hydrogens (primary N) is 1. The average Bonchev–Trinajstić information content (AvgIpc) is 2.75. The Morgan fingerprint density at radius 3 is 2.78 bits per heavy atom. The van der Waals surface area contributed by atoms with E-state index in [0.29, 0.717) is 12.0 Å². The van der Waals surface area contributed by atoms with Crippen molar-refractivity contribution in [2.24, 2.45) is 5.84 Å². The fraction of sp³-hybridized carbons (Fsp3) is 0.308. The first-order valence-corrected chi connectivity index (χ1v) is 6.61. The zero-order valence-electron chi connectivity index (χ0n) is 10.4. The van der Waals surface area contributed by atoms with Gasteiger partial charge in [-0.05, 0) is 31.0 Å². The maximum absolute atomic E-state index is 13.5. The molecular weight excluding hydrogens is 249 g/mol. The lowest BCUT2D eigenvalue weighted by Crippen LogP contribution is -2.29. The third-order valence-corrected chi connectivity index (χ3v) is 3.70. The second-order valence-electron chi connectivity index (χ2n) is 4.29. The lowest BCUT2D eigenvalue weighted by molar-refractivity contribution is 0.539. The molecule has 1 aromatic heterocycles. The van der Waals surface area contributed by atoms with Gasteiger partial charge in [0.2, 0.25) is 0 Å². The Morgan fingerprint density at radius 1 is 1.44 bits per heavy atom. The number of nitrogens with zero attached hydrogens (tertiary/aromatic N) is 1. The highest BCUT2D eigenvalue weighted by Crippen LogP contribution is 2.21. The van der Waals surface area contributed by atoms with Crippen molar-refractivity contribution >= 4 is 11.3 Å². The van der Waals surface area contributed by atoms with Crippen LogP contribution in [0, 0.1) is 19.7 Å². The first-order valence-electron chi connectivity index (χ1n) is 5.73. The molecule has 1 atom stereocenters. The Morgan fingerprint density at radius 2 is 2.22 bits per heavy atom. The van der Waals surface area contributed by atoms with Crippen molar-refractivity contribution in [1.82, 2.24) is 10.4 Å². The predicted molar refractivity (Wildman–Crippen MR) is 71.8 cm³/mol. The summed E-state index contributed by atoms with van der Waals surface area (Å²) in [6.07, 6.45) is 0.656. The maximum Gasteiger partial charge on any atom is 0.126 e. The normalized spacial score (nSPS) is 12.7. The van der Waals surface area contributed by atoms with Crippen LogP contribution >= 0.6 is 11.3 Å². The Balaban J connectivity index is 2.19. The van der Waals surface area contributed by atoms with E-state index in [1.165, 1.54) is 6.07 Å². The largest absolute Gasteiger partial charge is 0.271 e. The van der Waals surface area contributed by atoms with Gasteiger partial charge in [0.15, 0.2) is 0 Å². The summed E-state index contributed by atoms with van der Waals surface area (Å²) in [7, 11) is 0. The minimum Gasteiger partial charge on any atom is -0.271 e. The minimum absolute atomic E-state index is 0.124. The number of aromatic nitrogens is 1. The lowest BCUT2D eigenvalue weighted by Gasteiger charge is -2.15. The van der Waals surface area contributed by atoms with Crippen molar-refractivity contribution in [3.05, 3.63) is 51.2 Å². The summed E-state index contributed by atoms with van der Waals surface area (Å²) in [6.45, 7) is 3.71. The van der Waals surface area contributed by atoms with E-state index in [0.717, 1.165) is 16.3 Å².